The topological polar surface area (TPSA) is 9.23 Å². The van der Waals surface area contributed by atoms with Crippen LogP contribution in [0.3, 0.4) is 0 Å². The molecule has 0 amide bonds. The summed E-state index contributed by atoms with van der Waals surface area (Å²) in [6, 6.07) is 17.5. The van der Waals surface area contributed by atoms with Crippen LogP contribution in [0, 0.1) is 5.82 Å². The second kappa shape index (κ2) is 9.61. The number of alkyl halides is 5. The minimum absolute atomic E-state index is 0.246. The van der Waals surface area contributed by atoms with Gasteiger partial charge in [0.25, 0.3) is 0 Å². The van der Waals surface area contributed by atoms with Crippen molar-refractivity contribution < 1.29 is 31.1 Å². The number of hydrogen-bond acceptors (Lipinski definition) is 1. The third-order valence-corrected chi connectivity index (χ3v) is 4.76. The van der Waals surface area contributed by atoms with Gasteiger partial charge in [-0.05, 0) is 46.4 Å². The summed E-state index contributed by atoms with van der Waals surface area (Å²) in [7, 11) is 0. The zero-order valence-corrected chi connectivity index (χ0v) is 17.1. The van der Waals surface area contributed by atoms with Crippen molar-refractivity contribution in [1.29, 1.82) is 0 Å². The van der Waals surface area contributed by atoms with Crippen LogP contribution in [0.5, 0.6) is 0 Å². The lowest BCUT2D eigenvalue weighted by molar-refractivity contribution is -0.432. The zero-order chi connectivity index (χ0) is 23.4. The van der Waals surface area contributed by atoms with Gasteiger partial charge in [-0.2, -0.15) is 8.78 Å². The predicted molar refractivity (Wildman–Crippen MR) is 112 cm³/mol. The number of halogens is 6. The van der Waals surface area contributed by atoms with E-state index in [0.717, 1.165) is 36.1 Å². The van der Waals surface area contributed by atoms with E-state index in [1.54, 1.807) is 24.3 Å². The number of hydrogen-bond donors (Lipinski definition) is 0. The molecule has 0 fully saturated rings. The molecule has 1 nitrogen and oxygen atoms in total. The van der Waals surface area contributed by atoms with Gasteiger partial charge in [-0.3, -0.25) is 0 Å². The fraction of sp³-hybridized carbons (Fsp3) is 0.200. The van der Waals surface area contributed by atoms with Gasteiger partial charge in [0.15, 0.2) is 0 Å². The van der Waals surface area contributed by atoms with E-state index in [1.165, 1.54) is 5.56 Å². The molecule has 0 aromatic heterocycles. The van der Waals surface area contributed by atoms with Gasteiger partial charge in [0.05, 0.1) is 5.56 Å². The Morgan fingerprint density at radius 1 is 0.750 bits per heavy atom. The molecule has 32 heavy (non-hydrogen) atoms. The molecular weight excluding hydrogens is 430 g/mol. The van der Waals surface area contributed by atoms with Crippen molar-refractivity contribution in [2.24, 2.45) is 0 Å². The van der Waals surface area contributed by atoms with Gasteiger partial charge in [-0.1, -0.05) is 80.1 Å². The van der Waals surface area contributed by atoms with Gasteiger partial charge in [-0.15, -0.1) is 13.2 Å². The Balaban J connectivity index is 1.73. The zero-order valence-electron chi connectivity index (χ0n) is 17.1. The summed E-state index contributed by atoms with van der Waals surface area (Å²) in [6.07, 6.45) is -4.48. The molecule has 0 N–H and O–H groups in total. The summed E-state index contributed by atoms with van der Waals surface area (Å²) >= 11 is 0. The van der Waals surface area contributed by atoms with Gasteiger partial charge in [0, 0.05) is 0 Å². The lowest BCUT2D eigenvalue weighted by Gasteiger charge is -2.19. The fourth-order valence-corrected chi connectivity index (χ4v) is 3.19. The maximum Gasteiger partial charge on any atom is 0.527 e. The Hall–Kier alpha value is -3.06. The average Bonchev–Trinajstić information content (AvgIpc) is 2.72. The van der Waals surface area contributed by atoms with Gasteiger partial charge in [0.1, 0.15) is 5.82 Å². The molecule has 0 aliphatic rings. The molecule has 0 unspecified atom stereocenters. The van der Waals surface area contributed by atoms with Gasteiger partial charge in [0.2, 0.25) is 0 Å². The van der Waals surface area contributed by atoms with Crippen LogP contribution in [0.15, 0.2) is 66.7 Å². The quantitative estimate of drug-likeness (QED) is 0.260. The summed E-state index contributed by atoms with van der Waals surface area (Å²) in [6.45, 7) is 2.12. The van der Waals surface area contributed by atoms with Crippen LogP contribution in [-0.4, -0.2) is 6.36 Å². The molecule has 0 radical (unpaired) electrons. The van der Waals surface area contributed by atoms with Gasteiger partial charge < -0.3 is 0 Å². The molecule has 0 saturated heterocycles. The van der Waals surface area contributed by atoms with Crippen LogP contribution < -0.4 is 0 Å². The van der Waals surface area contributed by atoms with Crippen molar-refractivity contribution >= 4 is 12.2 Å². The van der Waals surface area contributed by atoms with Crippen molar-refractivity contribution in [1.82, 2.24) is 0 Å². The molecule has 3 aromatic rings. The summed E-state index contributed by atoms with van der Waals surface area (Å²) in [5.41, 5.74) is 2.47. The van der Waals surface area contributed by atoms with E-state index in [4.69, 9.17) is 0 Å². The van der Waals surface area contributed by atoms with Gasteiger partial charge >= 0.3 is 12.5 Å². The third-order valence-electron chi connectivity index (χ3n) is 4.76. The van der Waals surface area contributed by atoms with E-state index in [-0.39, 0.29) is 5.56 Å². The minimum atomic E-state index is -5.60. The molecule has 3 aromatic carbocycles. The van der Waals surface area contributed by atoms with Crippen molar-refractivity contribution in [3.05, 3.63) is 94.8 Å². The standard InChI is InChI=1S/C25H20F6O/c1-2-3-17-4-6-18(7-5-17)8-9-19-10-12-20(13-11-19)21-14-15-22(23(26)16-21)24(27,28)32-25(29,30)31/h4-16H,2-3H2,1H3. The lowest BCUT2D eigenvalue weighted by atomic mass is 10.0. The van der Waals surface area contributed by atoms with E-state index in [2.05, 4.69) is 23.8 Å². The average molecular weight is 450 g/mol. The predicted octanol–water partition coefficient (Wildman–Crippen LogP) is 8.20. The van der Waals surface area contributed by atoms with Crippen molar-refractivity contribution in [3.8, 4) is 11.1 Å². The first-order valence-corrected chi connectivity index (χ1v) is 9.89. The van der Waals surface area contributed by atoms with E-state index in [1.807, 2.05) is 24.3 Å². The summed E-state index contributed by atoms with van der Waals surface area (Å²) < 4.78 is 80.5. The molecule has 0 spiro atoms. The summed E-state index contributed by atoms with van der Waals surface area (Å²) in [5.74, 6) is -1.49. The smallest absolute Gasteiger partial charge is 0.222 e. The minimum Gasteiger partial charge on any atom is -0.222 e. The highest BCUT2D eigenvalue weighted by Crippen LogP contribution is 2.38. The van der Waals surface area contributed by atoms with Gasteiger partial charge in [-0.25, -0.2) is 9.13 Å². The van der Waals surface area contributed by atoms with Crippen LogP contribution in [0.1, 0.15) is 35.6 Å². The molecular formula is C25H20F6O. The van der Waals surface area contributed by atoms with E-state index < -0.39 is 23.9 Å². The molecule has 3 rings (SSSR count). The maximum atomic E-state index is 14.1. The molecule has 0 aliphatic carbocycles. The number of aryl methyl sites for hydroxylation is 1. The van der Waals surface area contributed by atoms with Crippen LogP contribution in [0.4, 0.5) is 26.3 Å². The highest BCUT2D eigenvalue weighted by atomic mass is 19.4. The fourth-order valence-electron chi connectivity index (χ4n) is 3.19. The van der Waals surface area contributed by atoms with Crippen molar-refractivity contribution in [3.63, 3.8) is 0 Å². The van der Waals surface area contributed by atoms with Crippen molar-refractivity contribution in [2.75, 3.05) is 0 Å². The van der Waals surface area contributed by atoms with Crippen LogP contribution in [0.2, 0.25) is 0 Å². The Kier molecular flexibility index (Phi) is 7.09. The Morgan fingerprint density at radius 3 is 1.78 bits per heavy atom. The van der Waals surface area contributed by atoms with Crippen LogP contribution >= 0.6 is 0 Å². The number of ether oxygens (including phenoxy) is 1. The normalized spacial score (nSPS) is 12.5. The van der Waals surface area contributed by atoms with Crippen LogP contribution in [-0.2, 0) is 17.3 Å². The Labute approximate surface area is 182 Å². The SMILES string of the molecule is CCCc1ccc(C=Cc2ccc(-c3ccc(C(F)(F)OC(F)(F)F)c(F)c3)cc2)cc1. The summed E-state index contributed by atoms with van der Waals surface area (Å²) in [5, 5.41) is 0. The second-order valence-corrected chi connectivity index (χ2v) is 7.21. The van der Waals surface area contributed by atoms with E-state index in [9.17, 15) is 26.3 Å². The molecule has 0 aliphatic heterocycles. The van der Waals surface area contributed by atoms with E-state index >= 15 is 0 Å². The Morgan fingerprint density at radius 2 is 1.28 bits per heavy atom. The second-order valence-electron chi connectivity index (χ2n) is 7.21. The highest BCUT2D eigenvalue weighted by molar-refractivity contribution is 5.72. The molecule has 0 bridgehead atoms. The maximum absolute atomic E-state index is 14.1. The van der Waals surface area contributed by atoms with Crippen LogP contribution in [0.25, 0.3) is 23.3 Å². The molecule has 168 valence electrons. The highest BCUT2D eigenvalue weighted by Gasteiger charge is 2.47. The largest absolute Gasteiger partial charge is 0.527 e. The van der Waals surface area contributed by atoms with Crippen molar-refractivity contribution in [2.45, 2.75) is 32.2 Å². The summed E-state index contributed by atoms with van der Waals surface area (Å²) in [4.78, 5) is 0. The number of benzene rings is 3. The molecule has 7 heteroatoms. The van der Waals surface area contributed by atoms with E-state index in [0.29, 0.717) is 11.6 Å². The molecule has 0 atom stereocenters. The molecule has 0 saturated carbocycles. The third kappa shape index (κ3) is 6.23. The first kappa shape index (κ1) is 23.6. The first-order valence-electron chi connectivity index (χ1n) is 9.89. The first-order chi connectivity index (χ1) is 15.1. The molecule has 0 heterocycles. The lowest BCUT2D eigenvalue weighted by Crippen LogP contribution is -2.28. The number of rotatable bonds is 7. The Bertz CT molecular complexity index is 1070. The monoisotopic (exact) mass is 450 g/mol.